The van der Waals surface area contributed by atoms with E-state index in [1.807, 2.05) is 23.1 Å². The fraction of sp³-hybridized carbons (Fsp3) is 0.533. The Balaban J connectivity index is 2.02. The Kier molecular flexibility index (Phi) is 4.02. The van der Waals surface area contributed by atoms with Crippen molar-refractivity contribution in [2.24, 2.45) is 0 Å². The van der Waals surface area contributed by atoms with Gasteiger partial charge in [0.05, 0.1) is 6.42 Å². The highest BCUT2D eigenvalue weighted by Crippen LogP contribution is 2.13. The number of rotatable bonds is 2. The summed E-state index contributed by atoms with van der Waals surface area (Å²) in [4.78, 5) is 16.6. The molecular weight excluding hydrogens is 224 g/mol. The highest BCUT2D eigenvalue weighted by Gasteiger charge is 2.25. The van der Waals surface area contributed by atoms with Crippen molar-refractivity contribution in [3.63, 3.8) is 0 Å². The van der Waals surface area contributed by atoms with E-state index >= 15 is 0 Å². The van der Waals surface area contributed by atoms with E-state index in [2.05, 4.69) is 31.9 Å². The van der Waals surface area contributed by atoms with Crippen LogP contribution in [0.4, 0.5) is 0 Å². The van der Waals surface area contributed by atoms with Crippen LogP contribution in [0, 0.1) is 6.92 Å². The highest BCUT2D eigenvalue weighted by molar-refractivity contribution is 5.79. The van der Waals surface area contributed by atoms with Crippen LogP contribution in [0.1, 0.15) is 18.1 Å². The van der Waals surface area contributed by atoms with Gasteiger partial charge in [-0.25, -0.2) is 0 Å². The van der Waals surface area contributed by atoms with Gasteiger partial charge in [0.2, 0.25) is 5.91 Å². The zero-order valence-corrected chi connectivity index (χ0v) is 11.5. The summed E-state index contributed by atoms with van der Waals surface area (Å²) in [6.45, 7) is 6.99. The van der Waals surface area contributed by atoms with E-state index in [1.54, 1.807) is 0 Å². The lowest BCUT2D eigenvalue weighted by Gasteiger charge is -2.38. The average Bonchev–Trinajstić information content (AvgIpc) is 2.32. The first-order chi connectivity index (χ1) is 8.58. The van der Waals surface area contributed by atoms with Gasteiger partial charge in [-0.1, -0.05) is 24.3 Å². The number of aryl methyl sites for hydroxylation is 1. The summed E-state index contributed by atoms with van der Waals surface area (Å²) in [6.07, 6.45) is 0.528. The minimum absolute atomic E-state index is 0.255. The predicted octanol–water partition coefficient (Wildman–Crippen LogP) is 1.70. The van der Waals surface area contributed by atoms with Crippen LogP contribution in [0.3, 0.4) is 0 Å². The minimum Gasteiger partial charge on any atom is -0.337 e. The Hall–Kier alpha value is -1.35. The molecule has 1 unspecified atom stereocenters. The third kappa shape index (κ3) is 2.91. The molecule has 1 aliphatic rings. The van der Waals surface area contributed by atoms with Crippen LogP contribution in [0.25, 0.3) is 0 Å². The maximum Gasteiger partial charge on any atom is 0.227 e. The smallest absolute Gasteiger partial charge is 0.227 e. The Morgan fingerprint density at radius 3 is 2.72 bits per heavy atom. The third-order valence-electron chi connectivity index (χ3n) is 3.75. The molecule has 98 valence electrons. The highest BCUT2D eigenvalue weighted by atomic mass is 16.2. The van der Waals surface area contributed by atoms with Crippen LogP contribution in [0.15, 0.2) is 24.3 Å². The second kappa shape index (κ2) is 5.53. The van der Waals surface area contributed by atoms with Crippen LogP contribution >= 0.6 is 0 Å². The molecule has 1 aromatic rings. The summed E-state index contributed by atoms with van der Waals surface area (Å²) < 4.78 is 0. The van der Waals surface area contributed by atoms with Gasteiger partial charge in [-0.2, -0.15) is 0 Å². The molecule has 1 atom stereocenters. The van der Waals surface area contributed by atoms with E-state index in [0.29, 0.717) is 12.5 Å². The number of hydrogen-bond acceptors (Lipinski definition) is 2. The van der Waals surface area contributed by atoms with Gasteiger partial charge in [0, 0.05) is 25.7 Å². The predicted molar refractivity (Wildman–Crippen MR) is 73.6 cm³/mol. The average molecular weight is 246 g/mol. The number of amides is 1. The fourth-order valence-corrected chi connectivity index (χ4v) is 2.58. The van der Waals surface area contributed by atoms with E-state index in [1.165, 1.54) is 5.56 Å². The zero-order valence-electron chi connectivity index (χ0n) is 11.5. The van der Waals surface area contributed by atoms with E-state index in [-0.39, 0.29) is 5.91 Å². The molecule has 1 fully saturated rings. The number of hydrogen-bond donors (Lipinski definition) is 0. The number of benzene rings is 1. The number of carbonyl (C=O) groups excluding carboxylic acids is 1. The van der Waals surface area contributed by atoms with Crippen LogP contribution in [0.2, 0.25) is 0 Å². The Labute approximate surface area is 109 Å². The number of nitrogens with zero attached hydrogens (tertiary/aromatic N) is 2. The molecule has 0 saturated carbocycles. The van der Waals surface area contributed by atoms with Gasteiger partial charge in [-0.05, 0) is 32.0 Å². The molecule has 0 bridgehead atoms. The second-order valence-electron chi connectivity index (χ2n) is 5.30. The molecule has 1 amide bonds. The van der Waals surface area contributed by atoms with Gasteiger partial charge in [0.25, 0.3) is 0 Å². The van der Waals surface area contributed by atoms with Crippen LogP contribution in [0.5, 0.6) is 0 Å². The van der Waals surface area contributed by atoms with E-state index < -0.39 is 0 Å². The van der Waals surface area contributed by atoms with Crippen molar-refractivity contribution in [1.82, 2.24) is 9.80 Å². The molecule has 0 spiro atoms. The number of likely N-dealkylation sites (N-methyl/N-ethyl adjacent to an activating group) is 1. The van der Waals surface area contributed by atoms with Gasteiger partial charge in [0.1, 0.15) is 0 Å². The Morgan fingerprint density at radius 1 is 1.33 bits per heavy atom. The topological polar surface area (TPSA) is 23.6 Å². The van der Waals surface area contributed by atoms with Gasteiger partial charge in [0.15, 0.2) is 0 Å². The molecule has 0 radical (unpaired) electrons. The van der Waals surface area contributed by atoms with Crippen molar-refractivity contribution in [3.05, 3.63) is 35.4 Å². The molecule has 1 saturated heterocycles. The monoisotopic (exact) mass is 246 g/mol. The summed E-state index contributed by atoms with van der Waals surface area (Å²) in [7, 11) is 2.11. The quantitative estimate of drug-likeness (QED) is 0.793. The Bertz CT molecular complexity index is 430. The summed E-state index contributed by atoms with van der Waals surface area (Å²) in [6, 6.07) is 8.45. The van der Waals surface area contributed by atoms with Crippen molar-refractivity contribution in [2.45, 2.75) is 26.3 Å². The van der Waals surface area contributed by atoms with Crippen LogP contribution in [-0.2, 0) is 11.2 Å². The molecule has 0 N–H and O–H groups in total. The van der Waals surface area contributed by atoms with E-state index in [4.69, 9.17) is 0 Å². The van der Waals surface area contributed by atoms with Gasteiger partial charge in [-0.15, -0.1) is 0 Å². The molecule has 3 nitrogen and oxygen atoms in total. The van der Waals surface area contributed by atoms with Crippen LogP contribution in [-0.4, -0.2) is 48.4 Å². The van der Waals surface area contributed by atoms with Gasteiger partial charge in [-0.3, -0.25) is 4.79 Å². The summed E-state index contributed by atoms with van der Waals surface area (Å²) in [5, 5.41) is 0. The second-order valence-corrected chi connectivity index (χ2v) is 5.30. The van der Waals surface area contributed by atoms with E-state index in [9.17, 15) is 4.79 Å². The van der Waals surface area contributed by atoms with Crippen molar-refractivity contribution in [2.75, 3.05) is 26.7 Å². The molecule has 3 heteroatoms. The first-order valence-corrected chi connectivity index (χ1v) is 6.60. The SMILES string of the molecule is Cc1ccccc1CC(=O)N1CCN(C)CC1C. The Morgan fingerprint density at radius 2 is 2.06 bits per heavy atom. The third-order valence-corrected chi connectivity index (χ3v) is 3.75. The summed E-state index contributed by atoms with van der Waals surface area (Å²) in [5.41, 5.74) is 2.35. The lowest BCUT2D eigenvalue weighted by molar-refractivity contribution is -0.134. The molecule has 18 heavy (non-hydrogen) atoms. The normalized spacial score (nSPS) is 21.1. The van der Waals surface area contributed by atoms with Crippen molar-refractivity contribution in [1.29, 1.82) is 0 Å². The lowest BCUT2D eigenvalue weighted by Crippen LogP contribution is -2.53. The lowest BCUT2D eigenvalue weighted by atomic mass is 10.0. The van der Waals surface area contributed by atoms with Crippen LogP contribution < -0.4 is 0 Å². The molecule has 0 aliphatic carbocycles. The largest absolute Gasteiger partial charge is 0.337 e. The standard InChI is InChI=1S/C15H22N2O/c1-12-6-4-5-7-14(12)10-15(18)17-9-8-16(3)11-13(17)2/h4-7,13H,8-11H2,1-3H3. The minimum atomic E-state index is 0.255. The molecule has 0 aromatic heterocycles. The van der Waals surface area contributed by atoms with Crippen molar-refractivity contribution >= 4 is 5.91 Å². The summed E-state index contributed by atoms with van der Waals surface area (Å²) in [5.74, 6) is 0.255. The van der Waals surface area contributed by atoms with Gasteiger partial charge < -0.3 is 9.80 Å². The molecular formula is C15H22N2O. The molecule has 1 aliphatic heterocycles. The molecule has 1 aromatic carbocycles. The fourth-order valence-electron chi connectivity index (χ4n) is 2.58. The number of piperazine rings is 1. The summed E-state index contributed by atoms with van der Waals surface area (Å²) >= 11 is 0. The maximum absolute atomic E-state index is 12.3. The first kappa shape index (κ1) is 13.1. The van der Waals surface area contributed by atoms with Crippen molar-refractivity contribution < 1.29 is 4.79 Å². The van der Waals surface area contributed by atoms with E-state index in [0.717, 1.165) is 25.2 Å². The van der Waals surface area contributed by atoms with Gasteiger partial charge >= 0.3 is 0 Å². The zero-order chi connectivity index (χ0) is 13.1. The first-order valence-electron chi connectivity index (χ1n) is 6.60. The van der Waals surface area contributed by atoms with Crippen molar-refractivity contribution in [3.8, 4) is 0 Å². The molecule has 2 rings (SSSR count). The molecule has 1 heterocycles. The maximum atomic E-state index is 12.3. The number of carbonyl (C=O) groups is 1.